The summed E-state index contributed by atoms with van der Waals surface area (Å²) >= 11 is 1.83. The molecule has 1 N–H and O–H groups in total. The lowest BCUT2D eigenvalue weighted by Gasteiger charge is -2.32. The molecule has 0 spiro atoms. The van der Waals surface area contributed by atoms with Crippen LogP contribution in [0.5, 0.6) is 5.75 Å². The van der Waals surface area contributed by atoms with Gasteiger partial charge in [0.25, 0.3) is 0 Å². The molecular weight excluding hydrogens is 352 g/mol. The topological polar surface area (TPSA) is 80.5 Å². The molecular formula is C18H24N4O3S. The van der Waals surface area contributed by atoms with E-state index in [1.54, 1.807) is 26.2 Å². The van der Waals surface area contributed by atoms with Crippen molar-refractivity contribution < 1.29 is 13.9 Å². The van der Waals surface area contributed by atoms with E-state index in [9.17, 15) is 4.79 Å². The van der Waals surface area contributed by atoms with E-state index >= 15 is 0 Å². The van der Waals surface area contributed by atoms with E-state index in [0.717, 1.165) is 30.8 Å². The zero-order valence-electron chi connectivity index (χ0n) is 15.3. The minimum Gasteiger partial charge on any atom is -0.495 e. The van der Waals surface area contributed by atoms with Crippen LogP contribution in [-0.2, 0) is 0 Å². The van der Waals surface area contributed by atoms with Crippen LogP contribution in [0.1, 0.15) is 18.7 Å². The first-order valence-corrected chi connectivity index (χ1v) is 10.0. The number of piperidine rings is 1. The molecule has 2 amide bonds. The summed E-state index contributed by atoms with van der Waals surface area (Å²) in [6.07, 6.45) is 4.33. The number of carbonyl (C=O) groups is 1. The molecule has 0 bridgehead atoms. The lowest BCUT2D eigenvalue weighted by molar-refractivity contribution is 0.183. The number of hydrogen-bond acceptors (Lipinski definition) is 6. The molecule has 26 heavy (non-hydrogen) atoms. The lowest BCUT2D eigenvalue weighted by atomic mass is 10.0. The molecule has 1 unspecified atom stereocenters. The molecule has 0 radical (unpaired) electrons. The number of anilines is 1. The second kappa shape index (κ2) is 8.44. The number of amides is 2. The largest absolute Gasteiger partial charge is 0.495 e. The number of methoxy groups -OCH3 is 1. The maximum Gasteiger partial charge on any atom is 0.321 e. The van der Waals surface area contributed by atoms with Crippen LogP contribution in [-0.4, -0.2) is 53.3 Å². The Hall–Kier alpha value is -2.22. The second-order valence-electron chi connectivity index (χ2n) is 6.38. The Morgan fingerprint density at radius 3 is 3.00 bits per heavy atom. The van der Waals surface area contributed by atoms with Crippen LogP contribution in [0.25, 0.3) is 11.5 Å². The summed E-state index contributed by atoms with van der Waals surface area (Å²) in [5, 5.41) is 10.9. The van der Waals surface area contributed by atoms with Gasteiger partial charge in [0.1, 0.15) is 5.75 Å². The Bertz CT molecular complexity index is 763. The Morgan fingerprint density at radius 2 is 2.31 bits per heavy atom. The first-order chi connectivity index (χ1) is 12.6. The zero-order chi connectivity index (χ0) is 18.5. The van der Waals surface area contributed by atoms with Gasteiger partial charge in [0.15, 0.2) is 0 Å². The Morgan fingerprint density at radius 1 is 1.46 bits per heavy atom. The van der Waals surface area contributed by atoms with Crippen molar-refractivity contribution in [1.29, 1.82) is 0 Å². The highest BCUT2D eigenvalue weighted by molar-refractivity contribution is 7.98. The van der Waals surface area contributed by atoms with Gasteiger partial charge in [0.2, 0.25) is 11.8 Å². The minimum atomic E-state index is -0.104. The van der Waals surface area contributed by atoms with Gasteiger partial charge in [-0.2, -0.15) is 11.8 Å². The van der Waals surface area contributed by atoms with Crippen molar-refractivity contribution in [3.8, 4) is 17.2 Å². The molecule has 2 aromatic rings. The molecule has 1 fully saturated rings. The van der Waals surface area contributed by atoms with E-state index < -0.39 is 0 Å². The van der Waals surface area contributed by atoms with Crippen molar-refractivity contribution >= 4 is 23.5 Å². The van der Waals surface area contributed by atoms with Crippen molar-refractivity contribution in [3.05, 3.63) is 24.1 Å². The van der Waals surface area contributed by atoms with Crippen LogP contribution >= 0.6 is 11.8 Å². The molecule has 3 rings (SSSR count). The second-order valence-corrected chi connectivity index (χ2v) is 7.29. The molecule has 0 aliphatic carbocycles. The number of nitrogens with zero attached hydrogens (tertiary/aromatic N) is 3. The summed E-state index contributed by atoms with van der Waals surface area (Å²) in [5.74, 6) is 3.14. The van der Waals surface area contributed by atoms with E-state index in [2.05, 4.69) is 21.8 Å². The molecule has 2 heterocycles. The van der Waals surface area contributed by atoms with E-state index in [-0.39, 0.29) is 6.03 Å². The number of benzene rings is 1. The monoisotopic (exact) mass is 376 g/mol. The van der Waals surface area contributed by atoms with Crippen LogP contribution in [0.3, 0.4) is 0 Å². The van der Waals surface area contributed by atoms with E-state index in [4.69, 9.17) is 9.15 Å². The van der Waals surface area contributed by atoms with E-state index in [0.29, 0.717) is 29.1 Å². The predicted octanol–water partition coefficient (Wildman–Crippen LogP) is 3.66. The number of carbonyl (C=O) groups excluding carboxylic acids is 1. The number of urea groups is 1. The number of rotatable bonds is 5. The fraction of sp³-hybridized carbons (Fsp3) is 0.500. The molecule has 1 saturated heterocycles. The van der Waals surface area contributed by atoms with Crippen LogP contribution in [0.4, 0.5) is 10.5 Å². The van der Waals surface area contributed by atoms with Crippen molar-refractivity contribution in [2.45, 2.75) is 19.8 Å². The Kier molecular flexibility index (Phi) is 6.03. The molecule has 1 aromatic carbocycles. The Balaban J connectivity index is 1.76. The molecule has 1 aromatic heterocycles. The van der Waals surface area contributed by atoms with Gasteiger partial charge >= 0.3 is 6.03 Å². The smallest absolute Gasteiger partial charge is 0.321 e. The van der Waals surface area contributed by atoms with Crippen molar-refractivity contribution in [2.24, 2.45) is 5.92 Å². The number of thioether (sulfide) groups is 1. The summed E-state index contributed by atoms with van der Waals surface area (Å²) in [5.41, 5.74) is 1.33. The van der Waals surface area contributed by atoms with E-state index in [1.165, 1.54) is 6.42 Å². The number of hydrogen-bond donors (Lipinski definition) is 1. The first kappa shape index (κ1) is 18.6. The maximum absolute atomic E-state index is 12.7. The van der Waals surface area contributed by atoms with Crippen LogP contribution in [0.15, 0.2) is 22.6 Å². The number of likely N-dealkylation sites (tertiary alicyclic amines) is 1. The third-order valence-corrected chi connectivity index (χ3v) is 5.23. The van der Waals surface area contributed by atoms with Gasteiger partial charge in [-0.3, -0.25) is 0 Å². The zero-order valence-corrected chi connectivity index (χ0v) is 16.1. The summed E-state index contributed by atoms with van der Waals surface area (Å²) in [4.78, 5) is 14.6. The van der Waals surface area contributed by atoms with Gasteiger partial charge in [-0.05, 0) is 49.0 Å². The average molecular weight is 376 g/mol. The molecule has 1 atom stereocenters. The van der Waals surface area contributed by atoms with Gasteiger partial charge in [-0.1, -0.05) is 0 Å². The number of aromatic nitrogens is 2. The molecule has 140 valence electrons. The minimum absolute atomic E-state index is 0.104. The van der Waals surface area contributed by atoms with Crippen LogP contribution in [0, 0.1) is 12.8 Å². The fourth-order valence-electron chi connectivity index (χ4n) is 3.17. The van der Waals surface area contributed by atoms with Gasteiger partial charge in [0, 0.05) is 25.6 Å². The first-order valence-electron chi connectivity index (χ1n) is 8.64. The quantitative estimate of drug-likeness (QED) is 0.858. The number of aryl methyl sites for hydroxylation is 1. The third kappa shape index (κ3) is 4.30. The van der Waals surface area contributed by atoms with Crippen molar-refractivity contribution in [2.75, 3.05) is 37.5 Å². The molecule has 1 aliphatic heterocycles. The predicted molar refractivity (Wildman–Crippen MR) is 103 cm³/mol. The molecule has 1 aliphatic rings. The molecule has 8 heteroatoms. The summed E-state index contributed by atoms with van der Waals surface area (Å²) < 4.78 is 10.9. The fourth-order valence-corrected chi connectivity index (χ4v) is 3.91. The average Bonchev–Trinajstić information content (AvgIpc) is 3.08. The molecule has 7 nitrogen and oxygen atoms in total. The van der Waals surface area contributed by atoms with Gasteiger partial charge in [-0.15, -0.1) is 10.2 Å². The number of nitrogens with one attached hydrogen (secondary N) is 1. The SMILES string of the molecule is COc1ccc(-c2nnc(C)o2)cc1NC(=O)N1CCCC(CSC)C1. The van der Waals surface area contributed by atoms with Gasteiger partial charge < -0.3 is 19.4 Å². The van der Waals surface area contributed by atoms with Crippen LogP contribution < -0.4 is 10.1 Å². The van der Waals surface area contributed by atoms with E-state index in [1.807, 2.05) is 22.7 Å². The van der Waals surface area contributed by atoms with Gasteiger partial charge in [0.05, 0.1) is 12.8 Å². The van der Waals surface area contributed by atoms with Crippen molar-refractivity contribution in [1.82, 2.24) is 15.1 Å². The highest BCUT2D eigenvalue weighted by Crippen LogP contribution is 2.31. The van der Waals surface area contributed by atoms with Crippen molar-refractivity contribution in [3.63, 3.8) is 0 Å². The standard InChI is InChI=1S/C18H24N4O3S/c1-12-20-21-17(25-12)14-6-7-16(24-2)15(9-14)19-18(23)22-8-4-5-13(10-22)11-26-3/h6-7,9,13H,4-5,8,10-11H2,1-3H3,(H,19,23). The normalized spacial score (nSPS) is 17.2. The summed E-state index contributed by atoms with van der Waals surface area (Å²) in [6.45, 7) is 3.31. The summed E-state index contributed by atoms with van der Waals surface area (Å²) in [6, 6.07) is 5.31. The van der Waals surface area contributed by atoms with Crippen LogP contribution in [0.2, 0.25) is 0 Å². The maximum atomic E-state index is 12.7. The Labute approximate surface area is 157 Å². The third-order valence-electron chi connectivity index (χ3n) is 4.42. The highest BCUT2D eigenvalue weighted by atomic mass is 32.2. The lowest BCUT2D eigenvalue weighted by Crippen LogP contribution is -2.42. The number of ether oxygens (including phenoxy) is 1. The summed E-state index contributed by atoms with van der Waals surface area (Å²) in [7, 11) is 1.58. The van der Waals surface area contributed by atoms with Gasteiger partial charge in [-0.25, -0.2) is 4.79 Å². The molecule has 0 saturated carbocycles. The highest BCUT2D eigenvalue weighted by Gasteiger charge is 2.24.